The molecular formula is C13H26O2. The van der Waals surface area contributed by atoms with Crippen LogP contribution in [-0.2, 0) is 9.53 Å². The third-order valence-corrected chi connectivity index (χ3v) is 2.58. The normalized spacial score (nSPS) is 14.9. The highest BCUT2D eigenvalue weighted by molar-refractivity contribution is 5.83. The van der Waals surface area contributed by atoms with Crippen molar-refractivity contribution in [1.29, 1.82) is 0 Å². The second kappa shape index (κ2) is 8.90. The van der Waals surface area contributed by atoms with E-state index in [4.69, 9.17) is 4.74 Å². The van der Waals surface area contributed by atoms with E-state index in [9.17, 15) is 4.79 Å². The summed E-state index contributed by atoms with van der Waals surface area (Å²) < 4.78 is 5.67. The van der Waals surface area contributed by atoms with Gasteiger partial charge in [-0.05, 0) is 25.2 Å². The van der Waals surface area contributed by atoms with Gasteiger partial charge < -0.3 is 4.74 Å². The Kier molecular flexibility index (Phi) is 8.68. The molecule has 0 rings (SSSR count). The van der Waals surface area contributed by atoms with Gasteiger partial charge in [0.25, 0.3) is 0 Å². The Balaban J connectivity index is 4.21. The van der Waals surface area contributed by atoms with Gasteiger partial charge in [-0.2, -0.15) is 0 Å². The fraction of sp³-hybridized carbons (Fsp3) is 0.923. The zero-order chi connectivity index (χ0) is 11.7. The van der Waals surface area contributed by atoms with Crippen LogP contribution >= 0.6 is 0 Å². The van der Waals surface area contributed by atoms with Crippen molar-refractivity contribution in [3.63, 3.8) is 0 Å². The summed E-state index contributed by atoms with van der Waals surface area (Å²) in [5.74, 6) is 0.646. The first kappa shape index (κ1) is 14.6. The Morgan fingerprint density at radius 3 is 2.27 bits per heavy atom. The molecule has 0 aromatic carbocycles. The average molecular weight is 214 g/mol. The monoisotopic (exact) mass is 214 g/mol. The molecule has 2 nitrogen and oxygen atoms in total. The summed E-state index contributed by atoms with van der Waals surface area (Å²) in [6, 6.07) is 0. The molecule has 0 saturated heterocycles. The van der Waals surface area contributed by atoms with Gasteiger partial charge in [0.1, 0.15) is 6.10 Å². The summed E-state index contributed by atoms with van der Waals surface area (Å²) >= 11 is 0. The van der Waals surface area contributed by atoms with Gasteiger partial charge in [-0.1, -0.05) is 34.1 Å². The molecule has 2 atom stereocenters. The lowest BCUT2D eigenvalue weighted by molar-refractivity contribution is -0.134. The van der Waals surface area contributed by atoms with Gasteiger partial charge in [0, 0.05) is 13.0 Å². The van der Waals surface area contributed by atoms with Crippen LogP contribution < -0.4 is 0 Å². The van der Waals surface area contributed by atoms with Gasteiger partial charge >= 0.3 is 0 Å². The maximum absolute atomic E-state index is 11.8. The van der Waals surface area contributed by atoms with E-state index >= 15 is 0 Å². The van der Waals surface area contributed by atoms with Crippen LogP contribution in [0.2, 0.25) is 0 Å². The zero-order valence-corrected chi connectivity index (χ0v) is 10.7. The van der Waals surface area contributed by atoms with Gasteiger partial charge in [0.05, 0.1) is 0 Å². The summed E-state index contributed by atoms with van der Waals surface area (Å²) in [5, 5.41) is 0. The molecule has 0 amide bonds. The largest absolute Gasteiger partial charge is 0.370 e. The van der Waals surface area contributed by atoms with Crippen LogP contribution in [0, 0.1) is 5.92 Å². The van der Waals surface area contributed by atoms with Crippen LogP contribution in [0.1, 0.15) is 59.8 Å². The number of ketones is 1. The van der Waals surface area contributed by atoms with E-state index in [-0.39, 0.29) is 11.9 Å². The summed E-state index contributed by atoms with van der Waals surface area (Å²) in [6.45, 7) is 9.09. The maximum Gasteiger partial charge on any atom is 0.161 e. The number of carbonyl (C=O) groups excluding carboxylic acids is 1. The molecule has 0 heterocycles. The number of hydrogen-bond acceptors (Lipinski definition) is 2. The van der Waals surface area contributed by atoms with Crippen LogP contribution in [0.25, 0.3) is 0 Å². The minimum absolute atomic E-state index is 0.162. The lowest BCUT2D eigenvalue weighted by atomic mass is 9.94. The molecule has 2 heteroatoms. The highest BCUT2D eigenvalue weighted by Gasteiger charge is 2.23. The predicted molar refractivity (Wildman–Crippen MR) is 64.0 cm³/mol. The Morgan fingerprint density at radius 1 is 1.13 bits per heavy atom. The maximum atomic E-state index is 11.8. The van der Waals surface area contributed by atoms with Crippen LogP contribution in [0.4, 0.5) is 0 Å². The molecule has 0 fully saturated rings. The molecule has 0 aromatic heterocycles. The van der Waals surface area contributed by atoms with Crippen LogP contribution in [0.5, 0.6) is 0 Å². The average Bonchev–Trinajstić information content (AvgIpc) is 2.19. The summed E-state index contributed by atoms with van der Waals surface area (Å²) in [7, 11) is 0. The van der Waals surface area contributed by atoms with Crippen molar-refractivity contribution in [2.24, 2.45) is 5.92 Å². The first-order chi connectivity index (χ1) is 7.17. The molecule has 15 heavy (non-hydrogen) atoms. The molecule has 0 saturated carbocycles. The van der Waals surface area contributed by atoms with Crippen molar-refractivity contribution in [3.05, 3.63) is 0 Å². The molecule has 0 bridgehead atoms. The van der Waals surface area contributed by atoms with Gasteiger partial charge in [-0.15, -0.1) is 0 Å². The van der Waals surface area contributed by atoms with Crippen molar-refractivity contribution in [2.45, 2.75) is 65.9 Å². The van der Waals surface area contributed by atoms with E-state index in [2.05, 4.69) is 20.8 Å². The molecule has 0 aliphatic heterocycles. The molecule has 0 aromatic rings. The standard InChI is InChI=1S/C13H26O2/c1-5-8-11(4)13(15-10-7-3)12(14)9-6-2/h11,13H,5-10H2,1-4H3. The highest BCUT2D eigenvalue weighted by atomic mass is 16.5. The van der Waals surface area contributed by atoms with Crippen LogP contribution in [0.3, 0.4) is 0 Å². The molecular weight excluding hydrogens is 188 g/mol. The molecule has 0 spiro atoms. The number of carbonyl (C=O) groups is 1. The smallest absolute Gasteiger partial charge is 0.161 e. The van der Waals surface area contributed by atoms with E-state index in [1.165, 1.54) is 0 Å². The third kappa shape index (κ3) is 5.93. The van der Waals surface area contributed by atoms with Crippen molar-refractivity contribution >= 4 is 5.78 Å². The zero-order valence-electron chi connectivity index (χ0n) is 10.7. The first-order valence-corrected chi connectivity index (χ1v) is 6.31. The van der Waals surface area contributed by atoms with Gasteiger partial charge in [-0.25, -0.2) is 0 Å². The summed E-state index contributed by atoms with van der Waals surface area (Å²) in [5.41, 5.74) is 0. The van der Waals surface area contributed by atoms with E-state index < -0.39 is 0 Å². The fourth-order valence-corrected chi connectivity index (χ4v) is 1.81. The van der Waals surface area contributed by atoms with Crippen LogP contribution in [-0.4, -0.2) is 18.5 Å². The molecule has 0 N–H and O–H groups in total. The first-order valence-electron chi connectivity index (χ1n) is 6.31. The Hall–Kier alpha value is -0.370. The van der Waals surface area contributed by atoms with E-state index in [1.807, 2.05) is 6.92 Å². The molecule has 0 aliphatic rings. The second-order valence-corrected chi connectivity index (χ2v) is 4.27. The van der Waals surface area contributed by atoms with Crippen molar-refractivity contribution in [1.82, 2.24) is 0 Å². The van der Waals surface area contributed by atoms with Crippen molar-refractivity contribution in [3.8, 4) is 0 Å². The van der Waals surface area contributed by atoms with E-state index in [0.29, 0.717) is 18.9 Å². The Bertz CT molecular complexity index is 166. The highest BCUT2D eigenvalue weighted by Crippen LogP contribution is 2.17. The summed E-state index contributed by atoms with van der Waals surface area (Å²) in [6.07, 6.45) is 4.59. The Labute approximate surface area is 94.4 Å². The number of rotatable bonds is 9. The molecule has 0 aliphatic carbocycles. The summed E-state index contributed by atoms with van der Waals surface area (Å²) in [4.78, 5) is 11.8. The number of Topliss-reactive ketones (excluding diaryl/α,β-unsaturated/α-hetero) is 1. The van der Waals surface area contributed by atoms with Crippen molar-refractivity contribution < 1.29 is 9.53 Å². The minimum atomic E-state index is -0.162. The van der Waals surface area contributed by atoms with Crippen LogP contribution in [0.15, 0.2) is 0 Å². The van der Waals surface area contributed by atoms with Gasteiger partial charge in [0.15, 0.2) is 5.78 Å². The number of ether oxygens (including phenoxy) is 1. The van der Waals surface area contributed by atoms with Gasteiger partial charge in [0.2, 0.25) is 0 Å². The Morgan fingerprint density at radius 2 is 1.80 bits per heavy atom. The number of hydrogen-bond donors (Lipinski definition) is 0. The quantitative estimate of drug-likeness (QED) is 0.586. The van der Waals surface area contributed by atoms with E-state index in [0.717, 1.165) is 25.7 Å². The molecule has 2 unspecified atom stereocenters. The molecule has 90 valence electrons. The lowest BCUT2D eigenvalue weighted by Crippen LogP contribution is -2.31. The van der Waals surface area contributed by atoms with Crippen molar-refractivity contribution in [2.75, 3.05) is 6.61 Å². The minimum Gasteiger partial charge on any atom is -0.370 e. The fourth-order valence-electron chi connectivity index (χ4n) is 1.81. The third-order valence-electron chi connectivity index (χ3n) is 2.58. The second-order valence-electron chi connectivity index (χ2n) is 4.27. The predicted octanol–water partition coefficient (Wildman–Crippen LogP) is 3.59. The van der Waals surface area contributed by atoms with E-state index in [1.54, 1.807) is 0 Å². The SMILES string of the molecule is CCCOC(C(=O)CCC)C(C)CCC. The molecule has 0 radical (unpaired) electrons. The topological polar surface area (TPSA) is 26.3 Å². The van der Waals surface area contributed by atoms with Gasteiger partial charge in [-0.3, -0.25) is 4.79 Å². The lowest BCUT2D eigenvalue weighted by Gasteiger charge is -2.22.